The third-order valence-electron chi connectivity index (χ3n) is 2.93. The third kappa shape index (κ3) is 3.55. The molecule has 0 fully saturated rings. The van der Waals surface area contributed by atoms with Crippen molar-refractivity contribution < 1.29 is 9.90 Å². The minimum absolute atomic E-state index is 0.374. The molecule has 0 aliphatic carbocycles. The number of halogens is 1. The highest BCUT2D eigenvalue weighted by Gasteiger charge is 2.20. The van der Waals surface area contributed by atoms with Crippen LogP contribution in [0.15, 0.2) is 42.5 Å². The molecule has 0 bridgehead atoms. The summed E-state index contributed by atoms with van der Waals surface area (Å²) in [6.07, 6.45) is 0.374. The number of pyridine rings is 1. The summed E-state index contributed by atoms with van der Waals surface area (Å²) in [6, 6.07) is 12.5. The number of aryl methyl sites for hydroxylation is 1. The fourth-order valence-electron chi connectivity index (χ4n) is 1.97. The zero-order valence-corrected chi connectivity index (χ0v) is 11.3. The van der Waals surface area contributed by atoms with E-state index >= 15 is 0 Å². The highest BCUT2D eigenvalue weighted by Crippen LogP contribution is 2.22. The molecule has 1 aromatic heterocycles. The van der Waals surface area contributed by atoms with Gasteiger partial charge in [-0.05, 0) is 36.8 Å². The number of carboxylic acid groups (broad SMARTS) is 1. The van der Waals surface area contributed by atoms with E-state index in [1.54, 1.807) is 24.3 Å². The van der Waals surface area contributed by atoms with Crippen molar-refractivity contribution in [1.82, 2.24) is 4.98 Å². The lowest BCUT2D eigenvalue weighted by Crippen LogP contribution is -2.15. The van der Waals surface area contributed by atoms with Crippen LogP contribution < -0.4 is 0 Å². The van der Waals surface area contributed by atoms with Crippen LogP contribution in [-0.4, -0.2) is 16.1 Å². The van der Waals surface area contributed by atoms with Crippen molar-refractivity contribution >= 4 is 17.6 Å². The van der Waals surface area contributed by atoms with Crippen molar-refractivity contribution in [3.05, 3.63) is 64.4 Å². The van der Waals surface area contributed by atoms with Gasteiger partial charge >= 0.3 is 5.97 Å². The molecule has 4 heteroatoms. The second-order valence-electron chi connectivity index (χ2n) is 4.42. The van der Waals surface area contributed by atoms with Crippen LogP contribution in [0.2, 0.25) is 5.02 Å². The van der Waals surface area contributed by atoms with E-state index in [4.69, 9.17) is 11.6 Å². The number of carboxylic acids is 1. The molecule has 0 amide bonds. The summed E-state index contributed by atoms with van der Waals surface area (Å²) in [5.41, 5.74) is 2.40. The van der Waals surface area contributed by atoms with Gasteiger partial charge in [0.15, 0.2) is 0 Å². The second-order valence-corrected chi connectivity index (χ2v) is 4.85. The summed E-state index contributed by atoms with van der Waals surface area (Å²) in [5.74, 6) is -1.46. The number of aromatic nitrogens is 1. The lowest BCUT2D eigenvalue weighted by atomic mass is 9.94. The molecule has 0 radical (unpaired) electrons. The number of carbonyl (C=O) groups is 1. The van der Waals surface area contributed by atoms with Gasteiger partial charge in [0.05, 0.1) is 5.92 Å². The van der Waals surface area contributed by atoms with Crippen LogP contribution in [0.1, 0.15) is 22.9 Å². The third-order valence-corrected chi connectivity index (χ3v) is 3.18. The minimum atomic E-state index is -0.856. The molecule has 0 spiro atoms. The largest absolute Gasteiger partial charge is 0.481 e. The first-order valence-corrected chi connectivity index (χ1v) is 6.35. The molecule has 98 valence electrons. The van der Waals surface area contributed by atoms with E-state index < -0.39 is 11.9 Å². The monoisotopic (exact) mass is 275 g/mol. The first-order valence-electron chi connectivity index (χ1n) is 5.97. The standard InChI is InChI=1S/C15H14ClNO2/c1-10-3-2-4-13(17-10)9-14(15(18)19)11-5-7-12(16)8-6-11/h2-8,14H,9H2,1H3,(H,18,19). The van der Waals surface area contributed by atoms with Crippen LogP contribution in [0, 0.1) is 6.92 Å². The summed E-state index contributed by atoms with van der Waals surface area (Å²) in [5, 5.41) is 9.96. The van der Waals surface area contributed by atoms with Crippen LogP contribution in [0.5, 0.6) is 0 Å². The highest BCUT2D eigenvalue weighted by molar-refractivity contribution is 6.30. The van der Waals surface area contributed by atoms with Crippen LogP contribution in [-0.2, 0) is 11.2 Å². The van der Waals surface area contributed by atoms with Crippen molar-refractivity contribution in [2.75, 3.05) is 0 Å². The minimum Gasteiger partial charge on any atom is -0.481 e. The average Bonchev–Trinajstić information content (AvgIpc) is 2.37. The maximum Gasteiger partial charge on any atom is 0.311 e. The Balaban J connectivity index is 2.26. The Morgan fingerprint density at radius 2 is 1.95 bits per heavy atom. The predicted molar refractivity (Wildman–Crippen MR) is 74.5 cm³/mol. The van der Waals surface area contributed by atoms with Crippen molar-refractivity contribution in [3.63, 3.8) is 0 Å². The Morgan fingerprint density at radius 3 is 2.53 bits per heavy atom. The van der Waals surface area contributed by atoms with Gasteiger partial charge in [-0.2, -0.15) is 0 Å². The number of hydrogen-bond donors (Lipinski definition) is 1. The van der Waals surface area contributed by atoms with Gasteiger partial charge in [-0.3, -0.25) is 9.78 Å². The molecular weight excluding hydrogens is 262 g/mol. The molecule has 3 nitrogen and oxygen atoms in total. The average molecular weight is 276 g/mol. The Hall–Kier alpha value is -1.87. The molecule has 2 rings (SSSR count). The molecule has 19 heavy (non-hydrogen) atoms. The Kier molecular flexibility index (Phi) is 4.17. The lowest BCUT2D eigenvalue weighted by Gasteiger charge is -2.12. The van der Waals surface area contributed by atoms with E-state index in [9.17, 15) is 9.90 Å². The second kappa shape index (κ2) is 5.85. The smallest absolute Gasteiger partial charge is 0.311 e. The lowest BCUT2D eigenvalue weighted by molar-refractivity contribution is -0.138. The maximum atomic E-state index is 11.4. The van der Waals surface area contributed by atoms with E-state index in [1.807, 2.05) is 25.1 Å². The molecule has 1 atom stereocenters. The van der Waals surface area contributed by atoms with Gasteiger partial charge in [-0.15, -0.1) is 0 Å². The molecule has 1 heterocycles. The topological polar surface area (TPSA) is 50.2 Å². The highest BCUT2D eigenvalue weighted by atomic mass is 35.5. The molecule has 0 aliphatic heterocycles. The van der Waals surface area contributed by atoms with Crippen molar-refractivity contribution in [2.45, 2.75) is 19.3 Å². The van der Waals surface area contributed by atoms with Crippen LogP contribution >= 0.6 is 11.6 Å². The molecule has 1 unspecified atom stereocenters. The number of rotatable bonds is 4. The van der Waals surface area contributed by atoms with Crippen LogP contribution in [0.25, 0.3) is 0 Å². The zero-order chi connectivity index (χ0) is 13.8. The fourth-order valence-corrected chi connectivity index (χ4v) is 2.09. The molecule has 1 N–H and O–H groups in total. The molecule has 0 aliphatic rings. The van der Waals surface area contributed by atoms with Crippen molar-refractivity contribution in [2.24, 2.45) is 0 Å². The first-order chi connectivity index (χ1) is 9.06. The first kappa shape index (κ1) is 13.6. The molecule has 0 saturated heterocycles. The summed E-state index contributed by atoms with van der Waals surface area (Å²) in [7, 11) is 0. The van der Waals surface area contributed by atoms with Gasteiger partial charge in [-0.1, -0.05) is 29.8 Å². The quantitative estimate of drug-likeness (QED) is 0.930. The number of hydrogen-bond acceptors (Lipinski definition) is 2. The van der Waals surface area contributed by atoms with E-state index in [0.717, 1.165) is 17.0 Å². The van der Waals surface area contributed by atoms with Gasteiger partial charge in [0.1, 0.15) is 0 Å². The summed E-state index contributed by atoms with van der Waals surface area (Å²) >= 11 is 5.82. The summed E-state index contributed by atoms with van der Waals surface area (Å²) in [4.78, 5) is 15.8. The number of nitrogens with zero attached hydrogens (tertiary/aromatic N) is 1. The predicted octanol–water partition coefficient (Wildman–Crippen LogP) is 3.45. The van der Waals surface area contributed by atoms with Gasteiger partial charge < -0.3 is 5.11 Å². The van der Waals surface area contributed by atoms with Crippen molar-refractivity contribution in [1.29, 1.82) is 0 Å². The van der Waals surface area contributed by atoms with E-state index in [0.29, 0.717) is 11.4 Å². The molecule has 0 saturated carbocycles. The summed E-state index contributed by atoms with van der Waals surface area (Å²) < 4.78 is 0. The van der Waals surface area contributed by atoms with E-state index in [1.165, 1.54) is 0 Å². The van der Waals surface area contributed by atoms with Gasteiger partial charge in [0.2, 0.25) is 0 Å². The molecule has 1 aromatic carbocycles. The van der Waals surface area contributed by atoms with E-state index in [-0.39, 0.29) is 0 Å². The molecule has 2 aromatic rings. The Morgan fingerprint density at radius 1 is 1.26 bits per heavy atom. The number of aliphatic carboxylic acids is 1. The van der Waals surface area contributed by atoms with Crippen molar-refractivity contribution in [3.8, 4) is 0 Å². The Labute approximate surface area is 116 Å². The zero-order valence-electron chi connectivity index (χ0n) is 10.5. The van der Waals surface area contributed by atoms with Gasteiger partial charge in [0, 0.05) is 22.8 Å². The normalized spacial score (nSPS) is 12.1. The fraction of sp³-hybridized carbons (Fsp3) is 0.200. The van der Waals surface area contributed by atoms with Crippen LogP contribution in [0.3, 0.4) is 0 Å². The van der Waals surface area contributed by atoms with Gasteiger partial charge in [-0.25, -0.2) is 0 Å². The van der Waals surface area contributed by atoms with E-state index in [2.05, 4.69) is 4.98 Å². The SMILES string of the molecule is Cc1cccc(CC(C(=O)O)c2ccc(Cl)cc2)n1. The van der Waals surface area contributed by atoms with Gasteiger partial charge in [0.25, 0.3) is 0 Å². The molecular formula is C15H14ClNO2. The number of benzene rings is 1. The van der Waals surface area contributed by atoms with Crippen LogP contribution in [0.4, 0.5) is 0 Å². The Bertz CT molecular complexity index is 581. The summed E-state index contributed by atoms with van der Waals surface area (Å²) in [6.45, 7) is 1.89. The maximum absolute atomic E-state index is 11.4.